The molecule has 1 unspecified atom stereocenters. The predicted octanol–water partition coefficient (Wildman–Crippen LogP) is 4.39. The van der Waals surface area contributed by atoms with Crippen molar-refractivity contribution in [2.75, 3.05) is 19.0 Å². The van der Waals surface area contributed by atoms with Crippen LogP contribution in [-0.4, -0.2) is 36.3 Å². The van der Waals surface area contributed by atoms with E-state index in [9.17, 15) is 9.59 Å². The Kier molecular flexibility index (Phi) is 5.73. The van der Waals surface area contributed by atoms with Crippen LogP contribution in [-0.2, 0) is 9.53 Å². The Hall–Kier alpha value is -2.97. The summed E-state index contributed by atoms with van der Waals surface area (Å²) < 4.78 is 5.30. The maximum Gasteiger partial charge on any atom is 0.340 e. The molecule has 0 saturated carbocycles. The van der Waals surface area contributed by atoms with E-state index >= 15 is 0 Å². The monoisotopic (exact) mass is 425 g/mol. The summed E-state index contributed by atoms with van der Waals surface area (Å²) in [5, 5.41) is 12.9. The van der Waals surface area contributed by atoms with E-state index in [4.69, 9.17) is 4.74 Å². The largest absolute Gasteiger partial charge is 0.452 e. The first-order chi connectivity index (χ1) is 14.2. The quantitative estimate of drug-likeness (QED) is 0.595. The van der Waals surface area contributed by atoms with Gasteiger partial charge in [-0.3, -0.25) is 4.79 Å². The van der Waals surface area contributed by atoms with Gasteiger partial charge in [-0.25, -0.2) is 9.80 Å². The Labute approximate surface area is 176 Å². The number of rotatable bonds is 6. The number of esters is 1. The van der Waals surface area contributed by atoms with E-state index in [2.05, 4.69) is 10.4 Å². The second-order valence-corrected chi connectivity index (χ2v) is 8.30. The summed E-state index contributed by atoms with van der Waals surface area (Å²) in [6, 6.07) is 14.8. The zero-order valence-corrected chi connectivity index (χ0v) is 17.3. The molecule has 6 nitrogen and oxygen atoms in total. The number of amides is 1. The highest BCUT2D eigenvalue weighted by Crippen LogP contribution is 2.35. The van der Waals surface area contributed by atoms with Crippen molar-refractivity contribution in [3.63, 3.8) is 0 Å². The Morgan fingerprint density at radius 2 is 1.93 bits per heavy atom. The molecule has 0 bridgehead atoms. The summed E-state index contributed by atoms with van der Waals surface area (Å²) in [5.74, 6) is -0.886. The fourth-order valence-electron chi connectivity index (χ4n) is 3.18. The second kappa shape index (κ2) is 8.59. The number of carbonyl (C=O) groups is 2. The molecule has 3 aromatic rings. The molecule has 1 aliphatic heterocycles. The third kappa shape index (κ3) is 4.08. The molecule has 8 heteroatoms. The van der Waals surface area contributed by atoms with Crippen molar-refractivity contribution in [1.29, 1.82) is 0 Å². The smallest absolute Gasteiger partial charge is 0.340 e. The fourth-order valence-corrected chi connectivity index (χ4v) is 4.72. The Morgan fingerprint density at radius 3 is 2.66 bits per heavy atom. The molecular weight excluding hydrogens is 406 g/mol. The van der Waals surface area contributed by atoms with Gasteiger partial charge in [0, 0.05) is 24.0 Å². The summed E-state index contributed by atoms with van der Waals surface area (Å²) in [4.78, 5) is 27.4. The minimum absolute atomic E-state index is 0.178. The van der Waals surface area contributed by atoms with Gasteiger partial charge in [-0.2, -0.15) is 5.10 Å². The van der Waals surface area contributed by atoms with E-state index in [0.717, 1.165) is 15.5 Å². The molecule has 1 aromatic carbocycles. The molecule has 4 rings (SSSR count). The predicted molar refractivity (Wildman–Crippen MR) is 116 cm³/mol. The number of para-hydroxylation sites is 1. The van der Waals surface area contributed by atoms with Gasteiger partial charge in [0.25, 0.3) is 5.91 Å². The van der Waals surface area contributed by atoms with Gasteiger partial charge in [-0.1, -0.05) is 24.3 Å². The SMILES string of the molecule is CNc1ccccc1C(=O)OCC(=O)N1N=C(c2cccs2)CC1c1cccs1. The number of nitrogens with one attached hydrogen (secondary N) is 1. The average molecular weight is 426 g/mol. The Bertz CT molecular complexity index is 1030. The van der Waals surface area contributed by atoms with E-state index in [-0.39, 0.29) is 18.6 Å². The van der Waals surface area contributed by atoms with E-state index in [0.29, 0.717) is 17.7 Å². The molecule has 0 spiro atoms. The van der Waals surface area contributed by atoms with E-state index in [1.165, 1.54) is 5.01 Å². The number of ether oxygens (including phenoxy) is 1. The molecule has 2 aromatic heterocycles. The zero-order chi connectivity index (χ0) is 20.2. The first-order valence-corrected chi connectivity index (χ1v) is 10.8. The molecule has 1 atom stereocenters. The van der Waals surface area contributed by atoms with Crippen LogP contribution in [0.1, 0.15) is 32.6 Å². The Morgan fingerprint density at radius 1 is 1.14 bits per heavy atom. The lowest BCUT2D eigenvalue weighted by Gasteiger charge is -2.20. The molecule has 29 heavy (non-hydrogen) atoms. The first kappa shape index (κ1) is 19.4. The highest BCUT2D eigenvalue weighted by molar-refractivity contribution is 7.12. The fraction of sp³-hybridized carbons (Fsp3) is 0.190. The number of hydrazone groups is 1. The molecule has 1 N–H and O–H groups in total. The van der Waals surface area contributed by atoms with Crippen LogP contribution in [0.5, 0.6) is 0 Å². The molecule has 0 aliphatic carbocycles. The number of hydrogen-bond acceptors (Lipinski definition) is 7. The van der Waals surface area contributed by atoms with Gasteiger partial charge in [0.05, 0.1) is 22.2 Å². The summed E-state index contributed by atoms with van der Waals surface area (Å²) in [5.41, 5.74) is 1.92. The number of anilines is 1. The molecule has 148 valence electrons. The van der Waals surface area contributed by atoms with Crippen LogP contribution in [0.2, 0.25) is 0 Å². The lowest BCUT2D eigenvalue weighted by Crippen LogP contribution is -2.31. The number of hydrogen-bond donors (Lipinski definition) is 1. The zero-order valence-electron chi connectivity index (χ0n) is 15.7. The molecule has 3 heterocycles. The molecule has 1 aliphatic rings. The van der Waals surface area contributed by atoms with Crippen molar-refractivity contribution in [3.8, 4) is 0 Å². The van der Waals surface area contributed by atoms with Crippen LogP contribution < -0.4 is 5.32 Å². The highest BCUT2D eigenvalue weighted by atomic mass is 32.1. The van der Waals surface area contributed by atoms with Crippen molar-refractivity contribution < 1.29 is 14.3 Å². The van der Waals surface area contributed by atoms with Crippen molar-refractivity contribution in [1.82, 2.24) is 5.01 Å². The maximum atomic E-state index is 12.9. The third-order valence-electron chi connectivity index (χ3n) is 4.59. The molecule has 0 saturated heterocycles. The normalized spacial score (nSPS) is 15.8. The van der Waals surface area contributed by atoms with Gasteiger partial charge in [-0.05, 0) is 35.0 Å². The van der Waals surface area contributed by atoms with Crippen LogP contribution >= 0.6 is 22.7 Å². The average Bonchev–Trinajstić information content (AvgIpc) is 3.51. The molecule has 0 fully saturated rings. The lowest BCUT2D eigenvalue weighted by atomic mass is 10.1. The minimum atomic E-state index is -0.544. The minimum Gasteiger partial charge on any atom is -0.452 e. The van der Waals surface area contributed by atoms with Gasteiger partial charge >= 0.3 is 5.97 Å². The van der Waals surface area contributed by atoms with Gasteiger partial charge in [0.2, 0.25) is 0 Å². The van der Waals surface area contributed by atoms with Crippen molar-refractivity contribution in [3.05, 3.63) is 74.6 Å². The number of nitrogens with zero attached hydrogens (tertiary/aromatic N) is 2. The van der Waals surface area contributed by atoms with E-state index in [1.54, 1.807) is 47.9 Å². The van der Waals surface area contributed by atoms with Crippen LogP contribution in [0.15, 0.2) is 64.4 Å². The van der Waals surface area contributed by atoms with Gasteiger partial charge in [-0.15, -0.1) is 22.7 Å². The topological polar surface area (TPSA) is 71.0 Å². The first-order valence-electron chi connectivity index (χ1n) is 9.08. The van der Waals surface area contributed by atoms with Gasteiger partial charge in [0.15, 0.2) is 6.61 Å². The summed E-state index contributed by atoms with van der Waals surface area (Å²) in [7, 11) is 1.73. The van der Waals surface area contributed by atoms with Crippen LogP contribution in [0.3, 0.4) is 0 Å². The van der Waals surface area contributed by atoms with Gasteiger partial charge in [0.1, 0.15) is 0 Å². The van der Waals surface area contributed by atoms with Crippen LogP contribution in [0.4, 0.5) is 5.69 Å². The molecule has 0 radical (unpaired) electrons. The lowest BCUT2D eigenvalue weighted by molar-refractivity contribution is -0.136. The summed E-state index contributed by atoms with van der Waals surface area (Å²) >= 11 is 3.18. The summed E-state index contributed by atoms with van der Waals surface area (Å²) in [6.07, 6.45) is 0.642. The van der Waals surface area contributed by atoms with Gasteiger partial charge < -0.3 is 10.1 Å². The molecular formula is C21H19N3O3S2. The van der Waals surface area contributed by atoms with Crippen LogP contribution in [0.25, 0.3) is 0 Å². The second-order valence-electron chi connectivity index (χ2n) is 6.37. The van der Waals surface area contributed by atoms with Crippen molar-refractivity contribution >= 4 is 45.9 Å². The number of carbonyl (C=O) groups excluding carboxylic acids is 2. The van der Waals surface area contributed by atoms with E-state index < -0.39 is 5.97 Å². The Balaban J connectivity index is 1.50. The van der Waals surface area contributed by atoms with Crippen molar-refractivity contribution in [2.45, 2.75) is 12.5 Å². The molecule has 1 amide bonds. The van der Waals surface area contributed by atoms with Crippen molar-refractivity contribution in [2.24, 2.45) is 5.10 Å². The highest BCUT2D eigenvalue weighted by Gasteiger charge is 2.34. The standard InChI is InChI=1S/C21H19N3O3S2/c1-22-15-7-3-2-6-14(15)21(26)27-13-20(25)24-17(19-9-5-11-29-19)12-16(23-24)18-8-4-10-28-18/h2-11,17,22H,12-13H2,1H3. The van der Waals surface area contributed by atoms with Crippen LogP contribution in [0, 0.1) is 0 Å². The van der Waals surface area contributed by atoms with E-state index in [1.807, 2.05) is 41.1 Å². The maximum absolute atomic E-state index is 12.9. The summed E-state index contributed by atoms with van der Waals surface area (Å²) in [6.45, 7) is -0.361. The third-order valence-corrected chi connectivity index (χ3v) is 6.48. The number of benzene rings is 1. The number of thiophene rings is 2.